The van der Waals surface area contributed by atoms with Gasteiger partial charge in [-0.15, -0.1) is 4.80 Å². The Kier molecular flexibility index (Phi) is 6.08. The van der Waals surface area contributed by atoms with Gasteiger partial charge in [-0.2, -0.15) is 10.2 Å². The molecule has 3 aromatic heterocycles. The number of rotatable bonds is 5. The van der Waals surface area contributed by atoms with Crippen molar-refractivity contribution in [3.05, 3.63) is 82.8 Å². The summed E-state index contributed by atoms with van der Waals surface area (Å²) in [5.74, 6) is -1.03. The van der Waals surface area contributed by atoms with Crippen LogP contribution < -0.4 is 11.1 Å². The molecule has 11 heteroatoms. The lowest BCUT2D eigenvalue weighted by atomic mass is 9.95. The summed E-state index contributed by atoms with van der Waals surface area (Å²) in [5, 5.41) is 10.8. The van der Waals surface area contributed by atoms with Gasteiger partial charge in [0.1, 0.15) is 5.82 Å². The number of hydrogen-bond acceptors (Lipinski definition) is 6. The van der Waals surface area contributed by atoms with E-state index in [4.69, 9.17) is 28.9 Å². The number of nitrogens with two attached hydrogens (primary N) is 1. The van der Waals surface area contributed by atoms with E-state index in [2.05, 4.69) is 32.1 Å². The minimum atomic E-state index is -0.679. The van der Waals surface area contributed by atoms with Crippen molar-refractivity contribution in [2.24, 2.45) is 0 Å². The van der Waals surface area contributed by atoms with Crippen molar-refractivity contribution in [2.45, 2.75) is 6.92 Å². The van der Waals surface area contributed by atoms with E-state index in [0.717, 1.165) is 6.07 Å². The van der Waals surface area contributed by atoms with Crippen molar-refractivity contribution in [2.75, 3.05) is 11.1 Å². The first-order valence-corrected chi connectivity index (χ1v) is 10.2. The van der Waals surface area contributed by atoms with Crippen LogP contribution >= 0.6 is 23.2 Å². The maximum Gasteiger partial charge on any atom is 0.257 e. The Balaban J connectivity index is 1.65. The molecule has 0 aliphatic rings. The lowest BCUT2D eigenvalue weighted by Gasteiger charge is -2.15. The second-order valence-electron chi connectivity index (χ2n) is 7.05. The minimum Gasteiger partial charge on any atom is -0.397 e. The van der Waals surface area contributed by atoms with Crippen molar-refractivity contribution in [3.63, 3.8) is 0 Å². The quantitative estimate of drug-likeness (QED) is 0.411. The fourth-order valence-corrected chi connectivity index (χ4v) is 3.67. The first kappa shape index (κ1) is 22.4. The van der Waals surface area contributed by atoms with Gasteiger partial charge >= 0.3 is 0 Å². The second-order valence-corrected chi connectivity index (χ2v) is 7.86. The number of nitrogens with zero attached hydrogens (tertiary/aromatic N) is 5. The third-order valence-electron chi connectivity index (χ3n) is 4.69. The van der Waals surface area contributed by atoms with Crippen molar-refractivity contribution in [1.82, 2.24) is 25.0 Å². The second kappa shape index (κ2) is 8.97. The molecule has 0 saturated carbocycles. The SMILES string of the molecule is C=C(C)c1cncc(N)c1-c1cc(Cl)c(C(=O)Nc2cnc(-n3nccn3)c(Cl)c2)cc1F. The van der Waals surface area contributed by atoms with Crippen LogP contribution in [0.4, 0.5) is 15.8 Å². The number of amides is 1. The lowest BCUT2D eigenvalue weighted by molar-refractivity contribution is 0.102. The molecule has 166 valence electrons. The molecule has 0 bridgehead atoms. The van der Waals surface area contributed by atoms with E-state index < -0.39 is 11.7 Å². The standard InChI is InChI=1S/C22H16Cl2FN7O/c1-11(2)15-9-27-10-19(26)20(15)14-6-16(23)13(7-18(14)25)22(33)31-12-5-17(24)21(28-8-12)32-29-3-4-30-32/h3-10H,1,26H2,2H3,(H,31,33). The topological polar surface area (TPSA) is 112 Å². The van der Waals surface area contributed by atoms with Crippen molar-refractivity contribution in [3.8, 4) is 16.9 Å². The molecule has 0 saturated heterocycles. The fraction of sp³-hybridized carbons (Fsp3) is 0.0455. The summed E-state index contributed by atoms with van der Waals surface area (Å²) in [6, 6.07) is 3.87. The summed E-state index contributed by atoms with van der Waals surface area (Å²) in [4.78, 5) is 22.2. The first-order valence-electron chi connectivity index (χ1n) is 9.48. The van der Waals surface area contributed by atoms with Crippen LogP contribution in [0.2, 0.25) is 10.0 Å². The average molecular weight is 484 g/mol. The van der Waals surface area contributed by atoms with E-state index in [9.17, 15) is 4.79 Å². The zero-order valence-electron chi connectivity index (χ0n) is 17.2. The lowest BCUT2D eigenvalue weighted by Crippen LogP contribution is -2.14. The Hall–Kier alpha value is -3.82. The normalized spacial score (nSPS) is 10.8. The van der Waals surface area contributed by atoms with Crippen molar-refractivity contribution in [1.29, 1.82) is 0 Å². The molecule has 1 aromatic carbocycles. The summed E-state index contributed by atoms with van der Waals surface area (Å²) < 4.78 is 15.1. The Morgan fingerprint density at radius 3 is 2.48 bits per heavy atom. The van der Waals surface area contributed by atoms with E-state index in [1.165, 1.54) is 41.7 Å². The summed E-state index contributed by atoms with van der Waals surface area (Å²) >= 11 is 12.6. The zero-order valence-corrected chi connectivity index (χ0v) is 18.7. The van der Waals surface area contributed by atoms with Crippen molar-refractivity contribution < 1.29 is 9.18 Å². The fourth-order valence-electron chi connectivity index (χ4n) is 3.18. The number of halogens is 3. The highest BCUT2D eigenvalue weighted by Gasteiger charge is 2.20. The predicted molar refractivity (Wildman–Crippen MR) is 126 cm³/mol. The molecule has 0 spiro atoms. The average Bonchev–Trinajstić information content (AvgIpc) is 3.29. The number of allylic oxidation sites excluding steroid dienone is 1. The molecular formula is C22H16Cl2FN7O. The van der Waals surface area contributed by atoms with Crippen LogP contribution in [0.3, 0.4) is 0 Å². The molecule has 4 rings (SSSR count). The van der Waals surface area contributed by atoms with Crippen LogP contribution in [0.15, 0.2) is 55.8 Å². The van der Waals surface area contributed by atoms with E-state index in [1.807, 2.05) is 0 Å². The number of pyridine rings is 2. The summed E-state index contributed by atoms with van der Waals surface area (Å²) in [6.45, 7) is 5.64. The molecule has 3 N–H and O–H groups in total. The molecule has 0 atom stereocenters. The van der Waals surface area contributed by atoms with Gasteiger partial charge in [0.25, 0.3) is 5.91 Å². The van der Waals surface area contributed by atoms with Crippen LogP contribution in [0.5, 0.6) is 0 Å². The van der Waals surface area contributed by atoms with Gasteiger partial charge in [-0.3, -0.25) is 9.78 Å². The number of aromatic nitrogens is 5. The largest absolute Gasteiger partial charge is 0.397 e. The summed E-state index contributed by atoms with van der Waals surface area (Å²) in [6.07, 6.45) is 7.29. The Morgan fingerprint density at radius 2 is 1.82 bits per heavy atom. The van der Waals surface area contributed by atoms with Gasteiger partial charge in [-0.1, -0.05) is 29.8 Å². The van der Waals surface area contributed by atoms with Gasteiger partial charge in [0.05, 0.1) is 51.8 Å². The van der Waals surface area contributed by atoms with Gasteiger partial charge in [0.2, 0.25) is 0 Å². The maximum atomic E-state index is 15.1. The Morgan fingerprint density at radius 1 is 1.09 bits per heavy atom. The molecule has 8 nitrogen and oxygen atoms in total. The van der Waals surface area contributed by atoms with E-state index in [0.29, 0.717) is 16.7 Å². The van der Waals surface area contributed by atoms with Gasteiger partial charge < -0.3 is 11.1 Å². The molecule has 4 aromatic rings. The van der Waals surface area contributed by atoms with Crippen LogP contribution in [0.25, 0.3) is 22.5 Å². The highest BCUT2D eigenvalue weighted by molar-refractivity contribution is 6.35. The number of nitrogens with one attached hydrogen (secondary N) is 1. The molecule has 0 aliphatic carbocycles. The van der Waals surface area contributed by atoms with Crippen LogP contribution in [-0.2, 0) is 0 Å². The van der Waals surface area contributed by atoms with Crippen LogP contribution in [-0.4, -0.2) is 30.9 Å². The Labute approximate surface area is 197 Å². The number of hydrogen-bond donors (Lipinski definition) is 2. The number of nitrogen functional groups attached to an aromatic ring is 1. The first-order chi connectivity index (χ1) is 15.8. The number of benzene rings is 1. The molecule has 3 heterocycles. The Bertz CT molecular complexity index is 1390. The third kappa shape index (κ3) is 4.41. The minimum absolute atomic E-state index is 0.0317. The maximum absolute atomic E-state index is 15.1. The van der Waals surface area contributed by atoms with E-state index in [-0.39, 0.29) is 38.4 Å². The molecule has 0 unspecified atom stereocenters. The zero-order chi connectivity index (χ0) is 23.7. The van der Waals surface area contributed by atoms with Gasteiger partial charge in [-0.05, 0) is 30.7 Å². The highest BCUT2D eigenvalue weighted by atomic mass is 35.5. The van der Waals surface area contributed by atoms with Gasteiger partial charge in [-0.25, -0.2) is 9.37 Å². The highest BCUT2D eigenvalue weighted by Crippen LogP contribution is 2.37. The predicted octanol–water partition coefficient (Wildman–Crippen LogP) is 5.04. The smallest absolute Gasteiger partial charge is 0.257 e. The van der Waals surface area contributed by atoms with E-state index in [1.54, 1.807) is 13.1 Å². The number of carbonyl (C=O) groups is 1. The van der Waals surface area contributed by atoms with Crippen molar-refractivity contribution >= 4 is 46.1 Å². The summed E-state index contributed by atoms with van der Waals surface area (Å²) in [7, 11) is 0. The molecule has 33 heavy (non-hydrogen) atoms. The number of carbonyl (C=O) groups excluding carboxylic acids is 1. The molecular weight excluding hydrogens is 468 g/mol. The summed E-state index contributed by atoms with van der Waals surface area (Å²) in [5.41, 5.74) is 8.29. The molecule has 0 fully saturated rings. The van der Waals surface area contributed by atoms with Crippen LogP contribution in [0, 0.1) is 5.82 Å². The van der Waals surface area contributed by atoms with E-state index >= 15 is 4.39 Å². The molecule has 0 aliphatic heterocycles. The van der Waals surface area contributed by atoms with Gasteiger partial charge in [0, 0.05) is 22.9 Å². The molecule has 0 radical (unpaired) electrons. The number of anilines is 2. The van der Waals surface area contributed by atoms with Gasteiger partial charge in [0.15, 0.2) is 5.82 Å². The molecule has 1 amide bonds. The monoisotopic (exact) mass is 483 g/mol. The van der Waals surface area contributed by atoms with Crippen LogP contribution in [0.1, 0.15) is 22.8 Å². The third-order valence-corrected chi connectivity index (χ3v) is 5.28.